The van der Waals surface area contributed by atoms with Gasteiger partial charge < -0.3 is 19.1 Å². The zero-order chi connectivity index (χ0) is 19.2. The Kier molecular flexibility index (Phi) is 5.71. The van der Waals surface area contributed by atoms with Crippen molar-refractivity contribution < 1.29 is 22.8 Å². The Labute approximate surface area is 155 Å². The van der Waals surface area contributed by atoms with Crippen LogP contribution in [0.3, 0.4) is 0 Å². The molecule has 0 saturated heterocycles. The van der Waals surface area contributed by atoms with Crippen molar-refractivity contribution in [2.75, 3.05) is 11.9 Å². The first-order valence-corrected chi connectivity index (χ1v) is 8.44. The summed E-state index contributed by atoms with van der Waals surface area (Å²) in [5.74, 6) is 0.234. The van der Waals surface area contributed by atoms with E-state index < -0.39 is 0 Å². The normalized spacial score (nSPS) is 10.6. The van der Waals surface area contributed by atoms with Crippen molar-refractivity contribution in [3.63, 3.8) is 0 Å². The fourth-order valence-corrected chi connectivity index (χ4v) is 2.61. The number of carbonyl (C=O) groups excluding carboxylic acids is 2. The topological polar surface area (TPSA) is 75.7 Å². The number of anilines is 1. The highest BCUT2D eigenvalue weighted by Gasteiger charge is 2.21. The van der Waals surface area contributed by atoms with Crippen molar-refractivity contribution in [1.82, 2.24) is 4.90 Å². The highest BCUT2D eigenvalue weighted by molar-refractivity contribution is 5.96. The third kappa shape index (κ3) is 4.84. The van der Waals surface area contributed by atoms with Crippen LogP contribution >= 0.6 is 0 Å². The average molecular weight is 370 g/mol. The molecule has 2 amide bonds. The number of carbonyl (C=O) groups is 2. The number of nitrogens with one attached hydrogen (secondary N) is 1. The summed E-state index contributed by atoms with van der Waals surface area (Å²) < 4.78 is 23.5. The number of hydrogen-bond donors (Lipinski definition) is 1. The molecule has 3 aromatic rings. The molecule has 0 radical (unpaired) electrons. The number of halogens is 1. The first kappa shape index (κ1) is 18.4. The number of hydrogen-bond acceptors (Lipinski definition) is 4. The first-order chi connectivity index (χ1) is 13.0. The minimum Gasteiger partial charge on any atom is -0.469 e. The van der Waals surface area contributed by atoms with Gasteiger partial charge in [-0.25, -0.2) is 4.39 Å². The van der Waals surface area contributed by atoms with E-state index in [9.17, 15) is 14.0 Å². The predicted molar refractivity (Wildman–Crippen MR) is 96.5 cm³/mol. The SMILES string of the molecule is Cc1occc1C(=O)N(CCC(=O)Nc1ccc(F)cc1)Cc1ccco1. The second-order valence-electron chi connectivity index (χ2n) is 6.00. The minimum atomic E-state index is -0.376. The summed E-state index contributed by atoms with van der Waals surface area (Å²) in [6, 6.07) is 10.6. The molecule has 0 atom stereocenters. The van der Waals surface area contributed by atoms with Crippen LogP contribution in [0.15, 0.2) is 63.8 Å². The lowest BCUT2D eigenvalue weighted by Crippen LogP contribution is -2.33. The molecule has 0 fully saturated rings. The van der Waals surface area contributed by atoms with Crippen molar-refractivity contribution >= 4 is 17.5 Å². The summed E-state index contributed by atoms with van der Waals surface area (Å²) in [6.45, 7) is 2.14. The molecule has 1 N–H and O–H groups in total. The van der Waals surface area contributed by atoms with E-state index in [2.05, 4.69) is 5.32 Å². The van der Waals surface area contributed by atoms with E-state index in [1.165, 1.54) is 41.7 Å². The number of aryl methyl sites for hydroxylation is 1. The molecule has 1 aromatic carbocycles. The molecule has 0 spiro atoms. The van der Waals surface area contributed by atoms with Gasteiger partial charge >= 0.3 is 0 Å². The monoisotopic (exact) mass is 370 g/mol. The number of nitrogens with zero attached hydrogens (tertiary/aromatic N) is 1. The maximum absolute atomic E-state index is 12.9. The molecule has 3 rings (SSSR count). The van der Waals surface area contributed by atoms with E-state index in [0.29, 0.717) is 22.8 Å². The average Bonchev–Trinajstić information content (AvgIpc) is 3.31. The maximum atomic E-state index is 12.9. The van der Waals surface area contributed by atoms with E-state index in [0.717, 1.165) is 0 Å². The largest absolute Gasteiger partial charge is 0.469 e. The Hall–Kier alpha value is -3.35. The van der Waals surface area contributed by atoms with E-state index in [-0.39, 0.29) is 37.1 Å². The lowest BCUT2D eigenvalue weighted by molar-refractivity contribution is -0.116. The van der Waals surface area contributed by atoms with Gasteiger partial charge in [-0.1, -0.05) is 0 Å². The van der Waals surface area contributed by atoms with Gasteiger partial charge in [0.15, 0.2) is 0 Å². The highest BCUT2D eigenvalue weighted by atomic mass is 19.1. The van der Waals surface area contributed by atoms with E-state index in [1.54, 1.807) is 25.1 Å². The minimum absolute atomic E-state index is 0.0841. The zero-order valence-corrected chi connectivity index (χ0v) is 14.8. The van der Waals surface area contributed by atoms with Crippen LogP contribution in [0.5, 0.6) is 0 Å². The van der Waals surface area contributed by atoms with Crippen LogP contribution in [0.4, 0.5) is 10.1 Å². The number of amides is 2. The summed E-state index contributed by atoms with van der Waals surface area (Å²) >= 11 is 0. The van der Waals surface area contributed by atoms with Crippen molar-refractivity contribution in [1.29, 1.82) is 0 Å². The molecule has 0 aliphatic carbocycles. The maximum Gasteiger partial charge on any atom is 0.257 e. The van der Waals surface area contributed by atoms with Gasteiger partial charge in [0.05, 0.1) is 24.6 Å². The van der Waals surface area contributed by atoms with Gasteiger partial charge in [-0.2, -0.15) is 0 Å². The summed E-state index contributed by atoms with van der Waals surface area (Å²) in [7, 11) is 0. The van der Waals surface area contributed by atoms with Crippen LogP contribution in [0.2, 0.25) is 0 Å². The second-order valence-corrected chi connectivity index (χ2v) is 6.00. The fourth-order valence-electron chi connectivity index (χ4n) is 2.61. The molecule has 0 unspecified atom stereocenters. The quantitative estimate of drug-likeness (QED) is 0.682. The molecule has 2 heterocycles. The third-order valence-corrected chi connectivity index (χ3v) is 4.04. The molecule has 6 nitrogen and oxygen atoms in total. The molecule has 0 bridgehead atoms. The molecule has 0 saturated carbocycles. The Morgan fingerprint density at radius 3 is 2.48 bits per heavy atom. The molecule has 0 aliphatic heterocycles. The zero-order valence-electron chi connectivity index (χ0n) is 14.8. The summed E-state index contributed by atoms with van der Waals surface area (Å²) in [5, 5.41) is 2.68. The van der Waals surface area contributed by atoms with Gasteiger partial charge in [0.25, 0.3) is 5.91 Å². The van der Waals surface area contributed by atoms with Crippen LogP contribution in [0.25, 0.3) is 0 Å². The lowest BCUT2D eigenvalue weighted by atomic mass is 10.2. The molecule has 140 valence electrons. The molecule has 2 aromatic heterocycles. The summed E-state index contributed by atoms with van der Waals surface area (Å²) in [5.41, 5.74) is 0.941. The van der Waals surface area contributed by atoms with Gasteiger partial charge in [0.2, 0.25) is 5.91 Å². The molecular weight excluding hydrogens is 351 g/mol. The predicted octanol–water partition coefficient (Wildman–Crippen LogP) is 3.99. The van der Waals surface area contributed by atoms with Gasteiger partial charge in [-0.15, -0.1) is 0 Å². The van der Waals surface area contributed by atoms with Crippen molar-refractivity contribution in [3.05, 3.63) is 77.9 Å². The first-order valence-electron chi connectivity index (χ1n) is 8.44. The number of rotatable bonds is 7. The van der Waals surface area contributed by atoms with E-state index >= 15 is 0 Å². The number of benzene rings is 1. The highest BCUT2D eigenvalue weighted by Crippen LogP contribution is 2.16. The van der Waals surface area contributed by atoms with Gasteiger partial charge in [-0.3, -0.25) is 9.59 Å². The van der Waals surface area contributed by atoms with Crippen LogP contribution in [0, 0.1) is 12.7 Å². The number of furan rings is 2. The fraction of sp³-hybridized carbons (Fsp3) is 0.200. The molecular formula is C20H19FN2O4. The van der Waals surface area contributed by atoms with Gasteiger partial charge in [-0.05, 0) is 49.4 Å². The molecule has 0 aliphatic rings. The Morgan fingerprint density at radius 2 is 1.85 bits per heavy atom. The van der Waals surface area contributed by atoms with E-state index in [1.807, 2.05) is 0 Å². The van der Waals surface area contributed by atoms with Crippen molar-refractivity contribution in [2.24, 2.45) is 0 Å². The van der Waals surface area contributed by atoms with Gasteiger partial charge in [0, 0.05) is 18.7 Å². The third-order valence-electron chi connectivity index (χ3n) is 4.04. The Morgan fingerprint density at radius 1 is 1.07 bits per heavy atom. The Balaban J connectivity index is 1.65. The lowest BCUT2D eigenvalue weighted by Gasteiger charge is -2.21. The van der Waals surface area contributed by atoms with Crippen molar-refractivity contribution in [2.45, 2.75) is 19.9 Å². The molecule has 27 heavy (non-hydrogen) atoms. The molecule has 7 heteroatoms. The van der Waals surface area contributed by atoms with E-state index in [4.69, 9.17) is 8.83 Å². The van der Waals surface area contributed by atoms with Crippen molar-refractivity contribution in [3.8, 4) is 0 Å². The standard InChI is InChI=1S/C20H19FN2O4/c1-14-18(9-12-26-14)20(25)23(13-17-3-2-11-27-17)10-8-19(24)22-16-6-4-15(21)5-7-16/h2-7,9,11-12H,8,10,13H2,1H3,(H,22,24). The summed E-state index contributed by atoms with van der Waals surface area (Å²) in [4.78, 5) is 26.5. The summed E-state index contributed by atoms with van der Waals surface area (Å²) in [6.07, 6.45) is 3.07. The second kappa shape index (κ2) is 8.35. The smallest absolute Gasteiger partial charge is 0.257 e. The van der Waals surface area contributed by atoms with Crippen LogP contribution in [-0.4, -0.2) is 23.3 Å². The van der Waals surface area contributed by atoms with Crippen LogP contribution in [0.1, 0.15) is 28.3 Å². The van der Waals surface area contributed by atoms with Crippen LogP contribution < -0.4 is 5.32 Å². The van der Waals surface area contributed by atoms with Gasteiger partial charge in [0.1, 0.15) is 17.3 Å². The van der Waals surface area contributed by atoms with Crippen LogP contribution in [-0.2, 0) is 11.3 Å². The Bertz CT molecular complexity index is 900.